The predicted octanol–water partition coefficient (Wildman–Crippen LogP) is 4.77. The van der Waals surface area contributed by atoms with Crippen molar-refractivity contribution in [3.05, 3.63) is 82.5 Å². The van der Waals surface area contributed by atoms with Gasteiger partial charge in [0.2, 0.25) is 5.82 Å². The summed E-state index contributed by atoms with van der Waals surface area (Å²) in [6, 6.07) is 20.0. The third-order valence-corrected chi connectivity index (χ3v) is 5.09. The summed E-state index contributed by atoms with van der Waals surface area (Å²) in [5.41, 5.74) is 1.52. The van der Waals surface area contributed by atoms with E-state index < -0.39 is 5.91 Å². The molecule has 4 rings (SSSR count). The van der Waals surface area contributed by atoms with Crippen LogP contribution in [0.5, 0.6) is 0 Å². The van der Waals surface area contributed by atoms with E-state index in [4.69, 9.17) is 16.9 Å². The van der Waals surface area contributed by atoms with Crippen molar-refractivity contribution < 1.29 is 4.79 Å². The van der Waals surface area contributed by atoms with Crippen LogP contribution in [-0.4, -0.2) is 20.7 Å². The Morgan fingerprint density at radius 3 is 2.68 bits per heavy atom. The number of para-hydroxylation sites is 1. The largest absolute Gasteiger partial charge is 0.319 e. The Labute approximate surface area is 169 Å². The Balaban J connectivity index is 1.70. The van der Waals surface area contributed by atoms with Crippen molar-refractivity contribution in [2.24, 2.45) is 0 Å². The van der Waals surface area contributed by atoms with Crippen LogP contribution in [0.4, 0.5) is 5.69 Å². The van der Waals surface area contributed by atoms with Crippen LogP contribution in [-0.2, 0) is 0 Å². The molecule has 2 heterocycles. The molecule has 2 aromatic carbocycles. The van der Waals surface area contributed by atoms with Gasteiger partial charge in [0.25, 0.3) is 5.91 Å². The van der Waals surface area contributed by atoms with Crippen LogP contribution in [0.1, 0.15) is 16.2 Å². The number of carbonyl (C=O) groups excluding carboxylic acids is 1. The molecular formula is C20H12ClN5OS. The lowest BCUT2D eigenvalue weighted by atomic mass is 10.2. The molecule has 0 radical (unpaired) electrons. The normalized spacial score (nSPS) is 10.4. The number of amides is 1. The molecule has 0 atom stereocenters. The van der Waals surface area contributed by atoms with Gasteiger partial charge in [0.05, 0.1) is 21.2 Å². The summed E-state index contributed by atoms with van der Waals surface area (Å²) in [4.78, 5) is 18.0. The van der Waals surface area contributed by atoms with Gasteiger partial charge in [0.1, 0.15) is 6.07 Å². The van der Waals surface area contributed by atoms with Gasteiger partial charge in [-0.1, -0.05) is 35.9 Å². The van der Waals surface area contributed by atoms with Crippen LogP contribution in [0.2, 0.25) is 5.02 Å². The van der Waals surface area contributed by atoms with Gasteiger partial charge in [0.15, 0.2) is 5.82 Å². The lowest BCUT2D eigenvalue weighted by Gasteiger charge is -2.04. The molecule has 8 heteroatoms. The van der Waals surface area contributed by atoms with E-state index >= 15 is 0 Å². The number of aromatic nitrogens is 3. The van der Waals surface area contributed by atoms with E-state index in [1.807, 2.05) is 53.9 Å². The summed E-state index contributed by atoms with van der Waals surface area (Å²) >= 11 is 7.45. The van der Waals surface area contributed by atoms with Gasteiger partial charge < -0.3 is 5.32 Å². The van der Waals surface area contributed by atoms with Crippen molar-refractivity contribution in [1.29, 1.82) is 5.26 Å². The molecule has 2 aromatic heterocycles. The quantitative estimate of drug-likeness (QED) is 0.530. The van der Waals surface area contributed by atoms with Gasteiger partial charge >= 0.3 is 0 Å². The minimum atomic E-state index is -0.473. The summed E-state index contributed by atoms with van der Waals surface area (Å²) in [6.45, 7) is 0. The van der Waals surface area contributed by atoms with Crippen molar-refractivity contribution in [2.45, 2.75) is 0 Å². The van der Waals surface area contributed by atoms with Gasteiger partial charge in [0, 0.05) is 5.69 Å². The first-order valence-corrected chi connectivity index (χ1v) is 9.49. The number of benzene rings is 2. The number of nitriles is 1. The van der Waals surface area contributed by atoms with Gasteiger partial charge in [-0.3, -0.25) is 4.79 Å². The standard InChI is InChI=1S/C20H12ClN5OS/c21-16-9-8-14(11-13(16)12-22)23-20(27)18-24-19(17-7-4-10-28-17)26(25-18)15-5-2-1-3-6-15/h1-11H,(H,23,27). The number of hydrogen-bond donors (Lipinski definition) is 1. The van der Waals surface area contributed by atoms with E-state index in [2.05, 4.69) is 15.4 Å². The SMILES string of the molecule is N#Cc1cc(NC(=O)c2nc(-c3cccs3)n(-c3ccccc3)n2)ccc1Cl. The van der Waals surface area contributed by atoms with E-state index in [-0.39, 0.29) is 11.4 Å². The van der Waals surface area contributed by atoms with Crippen molar-refractivity contribution in [2.75, 3.05) is 5.32 Å². The molecule has 136 valence electrons. The molecule has 0 bridgehead atoms. The fourth-order valence-electron chi connectivity index (χ4n) is 2.60. The van der Waals surface area contributed by atoms with E-state index in [0.717, 1.165) is 10.6 Å². The molecular weight excluding hydrogens is 394 g/mol. The highest BCUT2D eigenvalue weighted by Crippen LogP contribution is 2.26. The smallest absolute Gasteiger partial charge is 0.295 e. The second-order valence-electron chi connectivity index (χ2n) is 5.74. The lowest BCUT2D eigenvalue weighted by Crippen LogP contribution is -2.14. The highest BCUT2D eigenvalue weighted by molar-refractivity contribution is 7.13. The minimum Gasteiger partial charge on any atom is -0.319 e. The number of carbonyl (C=O) groups is 1. The highest BCUT2D eigenvalue weighted by Gasteiger charge is 2.19. The summed E-state index contributed by atoms with van der Waals surface area (Å²) < 4.78 is 1.64. The van der Waals surface area contributed by atoms with Crippen LogP contribution < -0.4 is 5.32 Å². The van der Waals surface area contributed by atoms with Crippen LogP contribution in [0, 0.1) is 11.3 Å². The highest BCUT2D eigenvalue weighted by atomic mass is 35.5. The number of rotatable bonds is 4. The Morgan fingerprint density at radius 1 is 1.14 bits per heavy atom. The third-order valence-electron chi connectivity index (χ3n) is 3.90. The molecule has 0 saturated carbocycles. The van der Waals surface area contributed by atoms with E-state index in [1.54, 1.807) is 16.8 Å². The molecule has 0 spiro atoms. The Bertz CT molecular complexity index is 1180. The van der Waals surface area contributed by atoms with E-state index in [9.17, 15) is 4.79 Å². The number of nitrogens with zero attached hydrogens (tertiary/aromatic N) is 4. The zero-order valence-electron chi connectivity index (χ0n) is 14.3. The van der Waals surface area contributed by atoms with Crippen LogP contribution in [0.15, 0.2) is 66.0 Å². The second-order valence-corrected chi connectivity index (χ2v) is 7.10. The molecule has 0 aliphatic rings. The number of thiophene rings is 1. The topological polar surface area (TPSA) is 83.6 Å². The van der Waals surface area contributed by atoms with Crippen molar-refractivity contribution >= 4 is 34.5 Å². The molecule has 4 aromatic rings. The first-order valence-electron chi connectivity index (χ1n) is 8.23. The van der Waals surface area contributed by atoms with Gasteiger partial charge in [-0.2, -0.15) is 5.26 Å². The summed E-state index contributed by atoms with van der Waals surface area (Å²) in [5, 5.41) is 18.5. The number of hydrogen-bond acceptors (Lipinski definition) is 5. The average molecular weight is 406 g/mol. The molecule has 0 saturated heterocycles. The van der Waals surface area contributed by atoms with Crippen molar-refractivity contribution in [3.8, 4) is 22.5 Å². The summed E-state index contributed by atoms with van der Waals surface area (Å²) in [5.74, 6) is 0.139. The van der Waals surface area contributed by atoms with Crippen molar-refractivity contribution in [3.63, 3.8) is 0 Å². The second kappa shape index (κ2) is 7.64. The maximum atomic E-state index is 12.7. The zero-order valence-corrected chi connectivity index (χ0v) is 15.9. The van der Waals surface area contributed by atoms with E-state index in [0.29, 0.717) is 16.5 Å². The first-order chi connectivity index (χ1) is 13.7. The molecule has 0 aliphatic heterocycles. The maximum Gasteiger partial charge on any atom is 0.295 e. The molecule has 1 amide bonds. The fourth-order valence-corrected chi connectivity index (χ4v) is 3.46. The average Bonchev–Trinajstić information content (AvgIpc) is 3.40. The van der Waals surface area contributed by atoms with Gasteiger partial charge in [-0.15, -0.1) is 16.4 Å². The first kappa shape index (κ1) is 17.9. The van der Waals surface area contributed by atoms with Gasteiger partial charge in [-0.05, 0) is 41.8 Å². The molecule has 0 unspecified atom stereocenters. The predicted molar refractivity (Wildman–Crippen MR) is 109 cm³/mol. The zero-order chi connectivity index (χ0) is 19.5. The lowest BCUT2D eigenvalue weighted by molar-refractivity contribution is 0.101. The Morgan fingerprint density at radius 2 is 1.96 bits per heavy atom. The number of anilines is 1. The number of halogens is 1. The summed E-state index contributed by atoms with van der Waals surface area (Å²) in [7, 11) is 0. The van der Waals surface area contributed by atoms with E-state index in [1.165, 1.54) is 17.4 Å². The maximum absolute atomic E-state index is 12.7. The monoisotopic (exact) mass is 405 g/mol. The number of nitrogens with one attached hydrogen (secondary N) is 1. The van der Waals surface area contributed by atoms with Crippen molar-refractivity contribution in [1.82, 2.24) is 14.8 Å². The molecule has 6 nitrogen and oxygen atoms in total. The molecule has 0 fully saturated rings. The fraction of sp³-hybridized carbons (Fsp3) is 0. The van der Waals surface area contributed by atoms with Crippen LogP contribution in [0.25, 0.3) is 16.4 Å². The van der Waals surface area contributed by atoms with Crippen LogP contribution in [0.3, 0.4) is 0 Å². The molecule has 0 aliphatic carbocycles. The Kier molecular flexibility index (Phi) is 4.89. The minimum absolute atomic E-state index is 0.0284. The Hall–Kier alpha value is -3.47. The van der Waals surface area contributed by atoms with Gasteiger partial charge in [-0.25, -0.2) is 9.67 Å². The summed E-state index contributed by atoms with van der Waals surface area (Å²) in [6.07, 6.45) is 0. The van der Waals surface area contributed by atoms with Crippen LogP contribution >= 0.6 is 22.9 Å². The molecule has 28 heavy (non-hydrogen) atoms. The third kappa shape index (κ3) is 3.51. The molecule has 1 N–H and O–H groups in total.